The van der Waals surface area contributed by atoms with Crippen LogP contribution in [-0.2, 0) is 5.41 Å². The van der Waals surface area contributed by atoms with Crippen molar-refractivity contribution in [2.24, 2.45) is 0 Å². The van der Waals surface area contributed by atoms with E-state index < -0.39 is 0 Å². The molecule has 0 N–H and O–H groups in total. The highest BCUT2D eigenvalue weighted by Gasteiger charge is 2.18. The van der Waals surface area contributed by atoms with Gasteiger partial charge in [-0.2, -0.15) is 0 Å². The smallest absolute Gasteiger partial charge is 0.219 e. The average Bonchev–Trinajstić information content (AvgIpc) is 3.23. The summed E-state index contributed by atoms with van der Waals surface area (Å²) >= 11 is 0. The van der Waals surface area contributed by atoms with Crippen LogP contribution in [0.15, 0.2) is 109 Å². The maximum atomic E-state index is 5.99. The van der Waals surface area contributed by atoms with Crippen LogP contribution >= 0.6 is 0 Å². The first-order valence-corrected chi connectivity index (χ1v) is 12.2. The number of hydrogen-bond acceptors (Lipinski definition) is 3. The minimum absolute atomic E-state index is 0.0337. The molecule has 0 atom stereocenters. The SMILES string of the molecule is CC(C)(C)c1cccc(-n2c3ccccc3c3ccc(-c4cccc(Oc5ccccn5)c4)cc32)n1. The summed E-state index contributed by atoms with van der Waals surface area (Å²) in [5.41, 5.74) is 5.51. The number of aromatic nitrogens is 3. The zero-order valence-corrected chi connectivity index (χ0v) is 20.6. The maximum Gasteiger partial charge on any atom is 0.219 e. The zero-order chi connectivity index (χ0) is 24.7. The van der Waals surface area contributed by atoms with Gasteiger partial charge in [0.25, 0.3) is 0 Å². The Morgan fingerprint density at radius 2 is 1.44 bits per heavy atom. The first-order chi connectivity index (χ1) is 17.5. The first kappa shape index (κ1) is 22.1. The lowest BCUT2D eigenvalue weighted by molar-refractivity contribution is 0.463. The molecule has 0 aliphatic carbocycles. The average molecular weight is 470 g/mol. The summed E-state index contributed by atoms with van der Waals surface area (Å²) in [5.74, 6) is 2.26. The molecule has 4 heteroatoms. The minimum Gasteiger partial charge on any atom is -0.439 e. The van der Waals surface area contributed by atoms with Crippen LogP contribution in [0.4, 0.5) is 0 Å². The fourth-order valence-corrected chi connectivity index (χ4v) is 4.63. The van der Waals surface area contributed by atoms with E-state index in [9.17, 15) is 0 Å². The van der Waals surface area contributed by atoms with Crippen LogP contribution in [0.1, 0.15) is 26.5 Å². The molecule has 0 spiro atoms. The number of nitrogens with zero attached hydrogens (tertiary/aromatic N) is 3. The highest BCUT2D eigenvalue weighted by Crippen LogP contribution is 2.35. The Bertz CT molecular complexity index is 1690. The molecular formula is C32H27N3O. The van der Waals surface area contributed by atoms with E-state index in [2.05, 4.69) is 103 Å². The number of para-hydroxylation sites is 1. The van der Waals surface area contributed by atoms with E-state index in [0.29, 0.717) is 5.88 Å². The summed E-state index contributed by atoms with van der Waals surface area (Å²) in [6.45, 7) is 6.59. The Balaban J connectivity index is 1.51. The molecule has 0 bridgehead atoms. The van der Waals surface area contributed by atoms with E-state index in [1.165, 1.54) is 10.8 Å². The molecule has 6 aromatic rings. The first-order valence-electron chi connectivity index (χ1n) is 12.2. The third-order valence-electron chi connectivity index (χ3n) is 6.43. The van der Waals surface area contributed by atoms with Crippen LogP contribution in [0.3, 0.4) is 0 Å². The van der Waals surface area contributed by atoms with Gasteiger partial charge in [-0.25, -0.2) is 9.97 Å². The van der Waals surface area contributed by atoms with E-state index in [1.54, 1.807) is 6.20 Å². The second-order valence-electron chi connectivity index (χ2n) is 10.0. The summed E-state index contributed by atoms with van der Waals surface area (Å²) < 4.78 is 8.26. The normalized spacial score (nSPS) is 11.8. The van der Waals surface area contributed by atoms with Gasteiger partial charge in [0.1, 0.15) is 11.6 Å². The van der Waals surface area contributed by atoms with E-state index in [4.69, 9.17) is 9.72 Å². The second kappa shape index (κ2) is 8.65. The Hall–Kier alpha value is -4.44. The second-order valence-corrected chi connectivity index (χ2v) is 10.0. The lowest BCUT2D eigenvalue weighted by Crippen LogP contribution is -2.14. The van der Waals surface area contributed by atoms with Gasteiger partial charge in [-0.1, -0.05) is 75.4 Å². The van der Waals surface area contributed by atoms with Gasteiger partial charge in [-0.05, 0) is 53.6 Å². The molecule has 0 radical (unpaired) electrons. The van der Waals surface area contributed by atoms with E-state index in [0.717, 1.165) is 39.4 Å². The molecule has 0 fully saturated rings. The van der Waals surface area contributed by atoms with Gasteiger partial charge in [-0.3, -0.25) is 4.57 Å². The van der Waals surface area contributed by atoms with Crippen molar-refractivity contribution in [2.75, 3.05) is 0 Å². The van der Waals surface area contributed by atoms with Crippen LogP contribution in [0.25, 0.3) is 38.8 Å². The molecule has 176 valence electrons. The molecule has 3 aromatic carbocycles. The van der Waals surface area contributed by atoms with Crippen molar-refractivity contribution in [1.29, 1.82) is 0 Å². The van der Waals surface area contributed by atoms with Gasteiger partial charge in [0.15, 0.2) is 0 Å². The van der Waals surface area contributed by atoms with Crippen molar-refractivity contribution < 1.29 is 4.74 Å². The fourth-order valence-electron chi connectivity index (χ4n) is 4.63. The van der Waals surface area contributed by atoms with Crippen molar-refractivity contribution in [3.05, 3.63) is 115 Å². The van der Waals surface area contributed by atoms with Crippen molar-refractivity contribution in [3.8, 4) is 28.6 Å². The van der Waals surface area contributed by atoms with Crippen LogP contribution < -0.4 is 4.74 Å². The molecule has 0 aliphatic heterocycles. The molecule has 3 heterocycles. The van der Waals surface area contributed by atoms with Gasteiger partial charge >= 0.3 is 0 Å². The summed E-state index contributed by atoms with van der Waals surface area (Å²) in [4.78, 5) is 9.36. The lowest BCUT2D eigenvalue weighted by Gasteiger charge is -2.19. The zero-order valence-electron chi connectivity index (χ0n) is 20.6. The van der Waals surface area contributed by atoms with E-state index in [1.807, 2.05) is 30.3 Å². The van der Waals surface area contributed by atoms with Crippen LogP contribution in [0, 0.1) is 0 Å². The Kier molecular flexibility index (Phi) is 5.30. The largest absolute Gasteiger partial charge is 0.439 e. The number of hydrogen-bond donors (Lipinski definition) is 0. The molecule has 4 nitrogen and oxygen atoms in total. The van der Waals surface area contributed by atoms with Gasteiger partial charge in [0, 0.05) is 34.1 Å². The third-order valence-corrected chi connectivity index (χ3v) is 6.43. The molecule has 0 unspecified atom stereocenters. The van der Waals surface area contributed by atoms with Crippen molar-refractivity contribution in [1.82, 2.24) is 14.5 Å². The van der Waals surface area contributed by atoms with E-state index >= 15 is 0 Å². The molecule has 0 saturated heterocycles. The number of ether oxygens (including phenoxy) is 1. The van der Waals surface area contributed by atoms with Gasteiger partial charge in [0.2, 0.25) is 5.88 Å². The molecule has 36 heavy (non-hydrogen) atoms. The van der Waals surface area contributed by atoms with Crippen LogP contribution in [-0.4, -0.2) is 14.5 Å². The van der Waals surface area contributed by atoms with Gasteiger partial charge < -0.3 is 4.74 Å². The highest BCUT2D eigenvalue weighted by molar-refractivity contribution is 6.10. The minimum atomic E-state index is -0.0337. The van der Waals surface area contributed by atoms with Crippen LogP contribution in [0.5, 0.6) is 11.6 Å². The summed E-state index contributed by atoms with van der Waals surface area (Å²) in [7, 11) is 0. The highest BCUT2D eigenvalue weighted by atomic mass is 16.5. The lowest BCUT2D eigenvalue weighted by atomic mass is 9.92. The molecule has 0 amide bonds. The monoisotopic (exact) mass is 469 g/mol. The number of benzene rings is 3. The van der Waals surface area contributed by atoms with Crippen molar-refractivity contribution in [3.63, 3.8) is 0 Å². The Morgan fingerprint density at radius 3 is 2.28 bits per heavy atom. The molecule has 0 aliphatic rings. The fraction of sp³-hybridized carbons (Fsp3) is 0.125. The maximum absolute atomic E-state index is 5.99. The van der Waals surface area contributed by atoms with Gasteiger partial charge in [-0.15, -0.1) is 0 Å². The summed E-state index contributed by atoms with van der Waals surface area (Å²) in [6, 6.07) is 35.3. The topological polar surface area (TPSA) is 39.9 Å². The standard InChI is InChI=1S/C32H27N3O/c1-32(2,3)29-14-9-15-30(34-29)35-27-13-5-4-12-25(27)26-18-17-23(21-28(26)35)22-10-8-11-24(20-22)36-31-16-6-7-19-33-31/h4-21H,1-3H3. The third kappa shape index (κ3) is 4.01. The number of pyridine rings is 2. The van der Waals surface area contributed by atoms with Gasteiger partial charge in [0.05, 0.1) is 11.0 Å². The molecule has 3 aromatic heterocycles. The van der Waals surface area contributed by atoms with Crippen LogP contribution in [0.2, 0.25) is 0 Å². The molecular weight excluding hydrogens is 442 g/mol. The number of rotatable bonds is 4. The summed E-state index contributed by atoms with van der Waals surface area (Å²) in [6.07, 6.45) is 1.73. The summed E-state index contributed by atoms with van der Waals surface area (Å²) in [5, 5.41) is 2.42. The van der Waals surface area contributed by atoms with E-state index in [-0.39, 0.29) is 5.41 Å². The number of fused-ring (bicyclic) bond motifs is 3. The van der Waals surface area contributed by atoms with Crippen molar-refractivity contribution >= 4 is 21.8 Å². The predicted molar refractivity (Wildman–Crippen MR) is 147 cm³/mol. The van der Waals surface area contributed by atoms with Crippen molar-refractivity contribution in [2.45, 2.75) is 26.2 Å². The predicted octanol–water partition coefficient (Wildman–Crippen LogP) is 8.33. The Morgan fingerprint density at radius 1 is 0.667 bits per heavy atom. The Labute approximate surface area is 210 Å². The quantitative estimate of drug-likeness (QED) is 0.260. The molecule has 6 rings (SSSR count). The molecule has 0 saturated carbocycles.